The largest absolute Gasteiger partial charge is 0.441 e. The van der Waals surface area contributed by atoms with Gasteiger partial charge in [0.05, 0.1) is 0 Å². The van der Waals surface area contributed by atoms with E-state index in [9.17, 15) is 0 Å². The van der Waals surface area contributed by atoms with Gasteiger partial charge in [-0.25, -0.2) is 4.98 Å². The zero-order chi connectivity index (χ0) is 10.3. The zero-order valence-corrected chi connectivity index (χ0v) is 8.79. The Hall–Kier alpha value is -1.51. The first-order chi connectivity index (χ1) is 7.31. The maximum absolute atomic E-state index is 5.43. The van der Waals surface area contributed by atoms with Crippen LogP contribution in [0.25, 0.3) is 11.1 Å². The Labute approximate surface area is 88.5 Å². The molecule has 1 aliphatic rings. The van der Waals surface area contributed by atoms with Gasteiger partial charge in [0, 0.05) is 18.7 Å². The normalized spacial score (nSPS) is 16.6. The maximum atomic E-state index is 5.43. The molecule has 0 unspecified atom stereocenters. The molecule has 0 radical (unpaired) electrons. The third-order valence-corrected chi connectivity index (χ3v) is 2.97. The smallest absolute Gasteiger partial charge is 0.192 e. The van der Waals surface area contributed by atoms with E-state index in [1.807, 2.05) is 13.0 Å². The van der Waals surface area contributed by atoms with Crippen LogP contribution in [0.1, 0.15) is 25.2 Å². The number of hydrogen-bond donors (Lipinski definition) is 1. The molecule has 1 saturated carbocycles. The highest BCUT2D eigenvalue weighted by atomic mass is 16.3. The van der Waals surface area contributed by atoms with Gasteiger partial charge in [-0.15, -0.1) is 0 Å². The lowest BCUT2D eigenvalue weighted by atomic mass is 9.93. The van der Waals surface area contributed by atoms with Gasteiger partial charge in [-0.05, 0) is 37.5 Å². The van der Waals surface area contributed by atoms with E-state index < -0.39 is 0 Å². The molecule has 0 saturated heterocycles. The average molecular weight is 202 g/mol. The third-order valence-electron chi connectivity index (χ3n) is 2.97. The Morgan fingerprint density at radius 3 is 3.00 bits per heavy atom. The van der Waals surface area contributed by atoms with Crippen molar-refractivity contribution in [3.05, 3.63) is 24.1 Å². The van der Waals surface area contributed by atoms with E-state index in [0.29, 0.717) is 6.04 Å². The molecular weight excluding hydrogens is 188 g/mol. The van der Waals surface area contributed by atoms with Gasteiger partial charge in [-0.2, -0.15) is 0 Å². The lowest BCUT2D eigenvalue weighted by Crippen LogP contribution is -2.26. The summed E-state index contributed by atoms with van der Waals surface area (Å²) >= 11 is 0. The Morgan fingerprint density at radius 2 is 2.27 bits per heavy atom. The molecule has 1 N–H and O–H groups in total. The molecule has 2 aromatic rings. The van der Waals surface area contributed by atoms with Crippen LogP contribution in [0.4, 0.5) is 5.69 Å². The van der Waals surface area contributed by atoms with Crippen LogP contribution in [0.15, 0.2) is 22.6 Å². The molecular formula is C12H14N2O. The minimum atomic E-state index is 0.662. The summed E-state index contributed by atoms with van der Waals surface area (Å²) < 4.78 is 5.43. The topological polar surface area (TPSA) is 38.1 Å². The van der Waals surface area contributed by atoms with Crippen molar-refractivity contribution >= 4 is 16.8 Å². The SMILES string of the molecule is Cc1nc2cc(NC3CCC3)ccc2o1. The van der Waals surface area contributed by atoms with Gasteiger partial charge < -0.3 is 9.73 Å². The number of hydrogen-bond acceptors (Lipinski definition) is 3. The monoisotopic (exact) mass is 202 g/mol. The van der Waals surface area contributed by atoms with Crippen LogP contribution in [0.3, 0.4) is 0 Å². The summed E-state index contributed by atoms with van der Waals surface area (Å²) in [5, 5.41) is 3.50. The highest BCUT2D eigenvalue weighted by Crippen LogP contribution is 2.25. The number of nitrogens with zero attached hydrogens (tertiary/aromatic N) is 1. The van der Waals surface area contributed by atoms with Gasteiger partial charge in [0.1, 0.15) is 5.52 Å². The predicted molar refractivity (Wildman–Crippen MR) is 60.0 cm³/mol. The van der Waals surface area contributed by atoms with Crippen LogP contribution in [0, 0.1) is 6.92 Å². The van der Waals surface area contributed by atoms with Crippen LogP contribution in [-0.2, 0) is 0 Å². The molecule has 0 bridgehead atoms. The molecule has 78 valence electrons. The minimum Gasteiger partial charge on any atom is -0.441 e. The average Bonchev–Trinajstić information content (AvgIpc) is 2.50. The molecule has 0 atom stereocenters. The van der Waals surface area contributed by atoms with Crippen LogP contribution < -0.4 is 5.32 Å². The van der Waals surface area contributed by atoms with Crippen molar-refractivity contribution in [2.24, 2.45) is 0 Å². The molecule has 3 rings (SSSR count). The van der Waals surface area contributed by atoms with Crippen molar-refractivity contribution in [1.82, 2.24) is 4.98 Å². The molecule has 1 aromatic carbocycles. The Bertz CT molecular complexity index is 485. The van der Waals surface area contributed by atoms with Crippen LogP contribution in [-0.4, -0.2) is 11.0 Å². The first-order valence-corrected chi connectivity index (χ1v) is 5.45. The minimum absolute atomic E-state index is 0.662. The van der Waals surface area contributed by atoms with Gasteiger partial charge in [-0.3, -0.25) is 0 Å². The van der Waals surface area contributed by atoms with Crippen LogP contribution in [0.2, 0.25) is 0 Å². The summed E-state index contributed by atoms with van der Waals surface area (Å²) in [6.45, 7) is 1.87. The van der Waals surface area contributed by atoms with E-state index in [1.165, 1.54) is 19.3 Å². The summed E-state index contributed by atoms with van der Waals surface area (Å²) in [4.78, 5) is 4.32. The molecule has 0 spiro atoms. The van der Waals surface area contributed by atoms with Crippen molar-refractivity contribution in [2.75, 3.05) is 5.32 Å². The molecule has 1 aromatic heterocycles. The number of oxazole rings is 1. The first-order valence-electron chi connectivity index (χ1n) is 5.45. The van der Waals surface area contributed by atoms with Crippen molar-refractivity contribution in [3.8, 4) is 0 Å². The van der Waals surface area contributed by atoms with Crippen molar-refractivity contribution < 1.29 is 4.42 Å². The number of benzene rings is 1. The Morgan fingerprint density at radius 1 is 1.40 bits per heavy atom. The van der Waals surface area contributed by atoms with Gasteiger partial charge in [0.2, 0.25) is 0 Å². The van der Waals surface area contributed by atoms with E-state index in [4.69, 9.17) is 4.42 Å². The lowest BCUT2D eigenvalue weighted by molar-refractivity contribution is 0.445. The molecule has 0 aliphatic heterocycles. The van der Waals surface area contributed by atoms with Gasteiger partial charge >= 0.3 is 0 Å². The molecule has 1 fully saturated rings. The molecule has 15 heavy (non-hydrogen) atoms. The van der Waals surface area contributed by atoms with E-state index in [1.54, 1.807) is 0 Å². The fraction of sp³-hybridized carbons (Fsp3) is 0.417. The van der Waals surface area contributed by atoms with E-state index in [0.717, 1.165) is 22.7 Å². The Balaban J connectivity index is 1.90. The summed E-state index contributed by atoms with van der Waals surface area (Å²) in [6.07, 6.45) is 3.93. The molecule has 1 aliphatic carbocycles. The summed E-state index contributed by atoms with van der Waals surface area (Å²) in [7, 11) is 0. The fourth-order valence-electron chi connectivity index (χ4n) is 1.92. The van der Waals surface area contributed by atoms with Crippen molar-refractivity contribution in [3.63, 3.8) is 0 Å². The summed E-state index contributed by atoms with van der Waals surface area (Å²) in [5.41, 5.74) is 2.96. The van der Waals surface area contributed by atoms with E-state index >= 15 is 0 Å². The summed E-state index contributed by atoms with van der Waals surface area (Å²) in [6, 6.07) is 6.77. The fourth-order valence-corrected chi connectivity index (χ4v) is 1.92. The summed E-state index contributed by atoms with van der Waals surface area (Å²) in [5.74, 6) is 0.728. The standard InChI is InChI=1S/C12H14N2O/c1-8-13-11-7-10(5-6-12(11)15-8)14-9-3-2-4-9/h5-7,9,14H,2-4H2,1H3. The number of anilines is 1. The highest BCUT2D eigenvalue weighted by molar-refractivity contribution is 5.77. The van der Waals surface area contributed by atoms with Crippen LogP contribution in [0.5, 0.6) is 0 Å². The second kappa shape index (κ2) is 3.26. The van der Waals surface area contributed by atoms with E-state index in [-0.39, 0.29) is 0 Å². The first kappa shape index (κ1) is 8.77. The Kier molecular flexibility index (Phi) is 1.91. The quantitative estimate of drug-likeness (QED) is 0.813. The second-order valence-corrected chi connectivity index (χ2v) is 4.19. The molecule has 1 heterocycles. The predicted octanol–water partition coefficient (Wildman–Crippen LogP) is 3.10. The number of rotatable bonds is 2. The maximum Gasteiger partial charge on any atom is 0.192 e. The molecule has 0 amide bonds. The highest BCUT2D eigenvalue weighted by Gasteiger charge is 2.16. The van der Waals surface area contributed by atoms with Crippen molar-refractivity contribution in [1.29, 1.82) is 0 Å². The molecule has 3 heteroatoms. The number of nitrogens with one attached hydrogen (secondary N) is 1. The number of aromatic nitrogens is 1. The third kappa shape index (κ3) is 1.58. The van der Waals surface area contributed by atoms with Gasteiger partial charge in [0.15, 0.2) is 11.5 Å². The molecule has 3 nitrogen and oxygen atoms in total. The zero-order valence-electron chi connectivity index (χ0n) is 8.79. The van der Waals surface area contributed by atoms with E-state index in [2.05, 4.69) is 22.4 Å². The number of aryl methyl sites for hydroxylation is 1. The number of fused-ring (bicyclic) bond motifs is 1. The van der Waals surface area contributed by atoms with Crippen molar-refractivity contribution in [2.45, 2.75) is 32.2 Å². The van der Waals surface area contributed by atoms with Gasteiger partial charge in [-0.1, -0.05) is 0 Å². The van der Waals surface area contributed by atoms with Gasteiger partial charge in [0.25, 0.3) is 0 Å². The lowest BCUT2D eigenvalue weighted by Gasteiger charge is -2.27. The second-order valence-electron chi connectivity index (χ2n) is 4.19. The van der Waals surface area contributed by atoms with Crippen LogP contribution >= 0.6 is 0 Å².